The van der Waals surface area contributed by atoms with Crippen LogP contribution in [0.2, 0.25) is 0 Å². The maximum Gasteiger partial charge on any atom is 0.271 e. The lowest BCUT2D eigenvalue weighted by Gasteiger charge is -2.03. The minimum absolute atomic E-state index is 0.0328. The molecule has 9 heteroatoms. The number of rotatable bonds is 7. The predicted octanol–water partition coefficient (Wildman–Crippen LogP) is 5.26. The fourth-order valence-corrected chi connectivity index (χ4v) is 4.78. The Bertz CT molecular complexity index is 1240. The molecule has 1 heterocycles. The van der Waals surface area contributed by atoms with E-state index in [4.69, 9.17) is 0 Å². The lowest BCUT2D eigenvalue weighted by atomic mass is 10.1. The number of para-hydroxylation sites is 1. The van der Waals surface area contributed by atoms with E-state index in [2.05, 4.69) is 21.6 Å². The number of hydrogen-bond acceptors (Lipinski definition) is 7. The Morgan fingerprint density at radius 1 is 1.13 bits per heavy atom. The SMILES string of the molecule is O=C(N/N=C/c1cccc([N+](=O)[O-])c1)c1ccc(CSc2nc3ccccc3s2)cc1. The van der Waals surface area contributed by atoms with Crippen LogP contribution in [0.3, 0.4) is 0 Å². The van der Waals surface area contributed by atoms with Crippen LogP contribution in [-0.4, -0.2) is 22.0 Å². The van der Waals surface area contributed by atoms with Crippen LogP contribution in [0.15, 0.2) is 82.2 Å². The zero-order chi connectivity index (χ0) is 21.6. The lowest BCUT2D eigenvalue weighted by Crippen LogP contribution is -2.17. The topological polar surface area (TPSA) is 97.5 Å². The van der Waals surface area contributed by atoms with E-state index in [9.17, 15) is 14.9 Å². The Hall–Kier alpha value is -3.56. The minimum Gasteiger partial charge on any atom is -0.267 e. The summed E-state index contributed by atoms with van der Waals surface area (Å²) in [6.45, 7) is 0. The summed E-state index contributed by atoms with van der Waals surface area (Å²) in [5.41, 5.74) is 5.50. The van der Waals surface area contributed by atoms with Gasteiger partial charge < -0.3 is 0 Å². The zero-order valence-electron chi connectivity index (χ0n) is 16.1. The number of thiazole rings is 1. The fraction of sp³-hybridized carbons (Fsp3) is 0.0455. The van der Waals surface area contributed by atoms with Crippen LogP contribution in [0.4, 0.5) is 5.69 Å². The van der Waals surface area contributed by atoms with Gasteiger partial charge in [-0.25, -0.2) is 10.4 Å². The Labute approximate surface area is 186 Å². The van der Waals surface area contributed by atoms with Crippen molar-refractivity contribution in [3.63, 3.8) is 0 Å². The summed E-state index contributed by atoms with van der Waals surface area (Å²) in [4.78, 5) is 27.2. The zero-order valence-corrected chi connectivity index (χ0v) is 17.7. The smallest absolute Gasteiger partial charge is 0.267 e. The third-order valence-electron chi connectivity index (χ3n) is 4.31. The molecule has 0 spiro atoms. The number of nitrogens with one attached hydrogen (secondary N) is 1. The number of fused-ring (bicyclic) bond motifs is 1. The molecule has 0 saturated heterocycles. The van der Waals surface area contributed by atoms with Crippen molar-refractivity contribution in [3.05, 3.63) is 99.6 Å². The lowest BCUT2D eigenvalue weighted by molar-refractivity contribution is -0.384. The molecule has 1 N–H and O–H groups in total. The van der Waals surface area contributed by atoms with Gasteiger partial charge in [-0.2, -0.15) is 5.10 Å². The second-order valence-electron chi connectivity index (χ2n) is 6.48. The monoisotopic (exact) mass is 448 g/mol. The molecule has 0 aliphatic rings. The Morgan fingerprint density at radius 2 is 1.94 bits per heavy atom. The number of nitrogens with zero attached hydrogens (tertiary/aromatic N) is 3. The number of hydrogen-bond donors (Lipinski definition) is 1. The molecule has 1 aromatic heterocycles. The highest BCUT2D eigenvalue weighted by Gasteiger charge is 2.07. The van der Waals surface area contributed by atoms with Gasteiger partial charge in [0.15, 0.2) is 4.34 Å². The van der Waals surface area contributed by atoms with E-state index in [-0.39, 0.29) is 11.6 Å². The van der Waals surface area contributed by atoms with Crippen molar-refractivity contribution in [2.24, 2.45) is 5.10 Å². The summed E-state index contributed by atoms with van der Waals surface area (Å²) < 4.78 is 2.18. The Kier molecular flexibility index (Phi) is 6.34. The van der Waals surface area contributed by atoms with Gasteiger partial charge in [0.2, 0.25) is 0 Å². The maximum atomic E-state index is 12.3. The number of aromatic nitrogens is 1. The standard InChI is InChI=1S/C22H16N4O3S2/c27-21(25-23-13-16-4-3-5-18(12-16)26(28)29)17-10-8-15(9-11-17)14-30-22-24-19-6-1-2-7-20(19)31-22/h1-13H,14H2,(H,25,27)/b23-13+. The third-order valence-corrected chi connectivity index (χ3v) is 6.56. The molecule has 0 saturated carbocycles. The molecule has 0 bridgehead atoms. The number of thioether (sulfide) groups is 1. The summed E-state index contributed by atoms with van der Waals surface area (Å²) in [7, 11) is 0. The van der Waals surface area contributed by atoms with Crippen LogP contribution in [0.5, 0.6) is 0 Å². The van der Waals surface area contributed by atoms with E-state index in [1.165, 1.54) is 23.0 Å². The van der Waals surface area contributed by atoms with E-state index < -0.39 is 4.92 Å². The second-order valence-corrected chi connectivity index (χ2v) is 8.74. The molecule has 4 aromatic rings. The summed E-state index contributed by atoms with van der Waals surface area (Å²) in [6, 6.07) is 21.3. The first kappa shape index (κ1) is 20.7. The van der Waals surface area contributed by atoms with Crippen molar-refractivity contribution in [2.75, 3.05) is 0 Å². The predicted molar refractivity (Wildman–Crippen MR) is 124 cm³/mol. The second kappa shape index (κ2) is 9.50. The molecule has 0 fully saturated rings. The highest BCUT2D eigenvalue weighted by atomic mass is 32.2. The third kappa shape index (κ3) is 5.33. The van der Waals surface area contributed by atoms with E-state index >= 15 is 0 Å². The van der Waals surface area contributed by atoms with E-state index in [1.807, 2.05) is 30.3 Å². The number of nitro groups is 1. The van der Waals surface area contributed by atoms with Crippen molar-refractivity contribution in [1.82, 2.24) is 10.4 Å². The van der Waals surface area contributed by atoms with E-state index in [1.54, 1.807) is 47.4 Å². The first-order chi connectivity index (χ1) is 15.1. The molecule has 3 aromatic carbocycles. The van der Waals surface area contributed by atoms with Crippen molar-refractivity contribution < 1.29 is 9.72 Å². The van der Waals surface area contributed by atoms with E-state index in [0.29, 0.717) is 11.1 Å². The van der Waals surface area contributed by atoms with Crippen LogP contribution in [0, 0.1) is 10.1 Å². The Balaban J connectivity index is 1.32. The summed E-state index contributed by atoms with van der Waals surface area (Å²) >= 11 is 3.33. The van der Waals surface area contributed by atoms with Crippen LogP contribution in [0.1, 0.15) is 21.5 Å². The molecule has 0 atom stereocenters. The average molecular weight is 449 g/mol. The molecular weight excluding hydrogens is 432 g/mol. The molecule has 31 heavy (non-hydrogen) atoms. The minimum atomic E-state index is -0.480. The molecule has 0 radical (unpaired) electrons. The van der Waals surface area contributed by atoms with Gasteiger partial charge >= 0.3 is 0 Å². The van der Waals surface area contributed by atoms with Gasteiger partial charge in [0, 0.05) is 29.0 Å². The van der Waals surface area contributed by atoms with Gasteiger partial charge in [-0.05, 0) is 29.8 Å². The quantitative estimate of drug-likeness (QED) is 0.180. The number of carbonyl (C=O) groups is 1. The highest BCUT2D eigenvalue weighted by Crippen LogP contribution is 2.31. The number of hydrazone groups is 1. The number of amides is 1. The normalized spacial score (nSPS) is 11.1. The first-order valence-electron chi connectivity index (χ1n) is 9.24. The fourth-order valence-electron chi connectivity index (χ4n) is 2.76. The highest BCUT2D eigenvalue weighted by molar-refractivity contribution is 8.00. The van der Waals surface area contributed by atoms with Crippen molar-refractivity contribution in [1.29, 1.82) is 0 Å². The number of nitro benzene ring substituents is 1. The van der Waals surface area contributed by atoms with Crippen LogP contribution >= 0.6 is 23.1 Å². The molecule has 7 nitrogen and oxygen atoms in total. The average Bonchev–Trinajstić information content (AvgIpc) is 3.21. The van der Waals surface area contributed by atoms with Crippen LogP contribution in [-0.2, 0) is 5.75 Å². The Morgan fingerprint density at radius 3 is 2.71 bits per heavy atom. The van der Waals surface area contributed by atoms with Gasteiger partial charge in [-0.15, -0.1) is 11.3 Å². The van der Waals surface area contributed by atoms with Crippen molar-refractivity contribution in [3.8, 4) is 0 Å². The molecule has 154 valence electrons. The molecular formula is C22H16N4O3S2. The summed E-state index contributed by atoms with van der Waals surface area (Å²) in [5, 5.41) is 14.7. The molecule has 0 aliphatic heterocycles. The van der Waals surface area contributed by atoms with Crippen LogP contribution in [0.25, 0.3) is 10.2 Å². The largest absolute Gasteiger partial charge is 0.271 e. The molecule has 1 amide bonds. The van der Waals surface area contributed by atoms with Crippen molar-refractivity contribution >= 4 is 51.1 Å². The maximum absolute atomic E-state index is 12.3. The van der Waals surface area contributed by atoms with Crippen LogP contribution < -0.4 is 5.43 Å². The molecule has 0 aliphatic carbocycles. The van der Waals surface area contributed by atoms with Gasteiger partial charge in [0.05, 0.1) is 21.4 Å². The number of benzene rings is 3. The van der Waals surface area contributed by atoms with Gasteiger partial charge in [-0.3, -0.25) is 14.9 Å². The molecule has 4 rings (SSSR count). The van der Waals surface area contributed by atoms with Crippen molar-refractivity contribution in [2.45, 2.75) is 10.1 Å². The van der Waals surface area contributed by atoms with E-state index in [0.717, 1.165) is 21.2 Å². The first-order valence-corrected chi connectivity index (χ1v) is 11.0. The summed E-state index contributed by atoms with van der Waals surface area (Å²) in [6.07, 6.45) is 1.37. The summed E-state index contributed by atoms with van der Waals surface area (Å²) in [5.74, 6) is 0.402. The van der Waals surface area contributed by atoms with Gasteiger partial charge in [0.25, 0.3) is 11.6 Å². The number of non-ortho nitro benzene ring substituents is 1. The van der Waals surface area contributed by atoms with Gasteiger partial charge in [-0.1, -0.05) is 48.2 Å². The molecule has 0 unspecified atom stereocenters. The number of carbonyl (C=O) groups excluding carboxylic acids is 1. The van der Waals surface area contributed by atoms with Gasteiger partial charge in [0.1, 0.15) is 0 Å².